The molecule has 2 rings (SSSR count). The lowest BCUT2D eigenvalue weighted by atomic mass is 10.2. The SMILES string of the molecule is COc1cccc(/C=N\NC(=O)CC(=O)Nc2ccc(Cl)c(Cl)c2)c1OC. The number of anilines is 1. The second-order valence-corrected chi connectivity index (χ2v) is 6.04. The Morgan fingerprint density at radius 2 is 1.85 bits per heavy atom. The molecule has 0 fully saturated rings. The standard InChI is InChI=1S/C18H17Cl2N3O4/c1-26-15-5-3-4-11(18(15)27-2)10-21-23-17(25)9-16(24)22-12-6-7-13(19)14(20)8-12/h3-8,10H,9H2,1-2H3,(H,22,24)(H,23,25)/b21-10-. The summed E-state index contributed by atoms with van der Waals surface area (Å²) in [7, 11) is 3.02. The van der Waals surface area contributed by atoms with Crippen molar-refractivity contribution in [1.29, 1.82) is 0 Å². The predicted molar refractivity (Wildman–Crippen MR) is 105 cm³/mol. The fourth-order valence-corrected chi connectivity index (χ4v) is 2.45. The molecule has 0 aliphatic carbocycles. The van der Waals surface area contributed by atoms with Gasteiger partial charge in [-0.1, -0.05) is 29.3 Å². The minimum absolute atomic E-state index is 0.302. The van der Waals surface area contributed by atoms with Crippen LogP contribution < -0.4 is 20.2 Å². The van der Waals surface area contributed by atoms with Gasteiger partial charge in [-0.2, -0.15) is 5.10 Å². The van der Waals surface area contributed by atoms with Gasteiger partial charge in [-0.3, -0.25) is 9.59 Å². The summed E-state index contributed by atoms with van der Waals surface area (Å²) in [6.07, 6.45) is 0.989. The molecule has 0 saturated heterocycles. The Bertz CT molecular complexity index is 872. The van der Waals surface area contributed by atoms with Crippen LogP contribution >= 0.6 is 23.2 Å². The van der Waals surface area contributed by atoms with Gasteiger partial charge < -0.3 is 14.8 Å². The molecule has 9 heteroatoms. The lowest BCUT2D eigenvalue weighted by Gasteiger charge is -2.09. The summed E-state index contributed by atoms with van der Waals surface area (Å²) in [5.41, 5.74) is 3.33. The number of methoxy groups -OCH3 is 2. The van der Waals surface area contributed by atoms with Gasteiger partial charge >= 0.3 is 0 Å². The van der Waals surface area contributed by atoms with Crippen molar-refractivity contribution in [1.82, 2.24) is 5.43 Å². The molecular weight excluding hydrogens is 393 g/mol. The quantitative estimate of drug-likeness (QED) is 0.416. The van der Waals surface area contributed by atoms with Crippen molar-refractivity contribution in [3.05, 3.63) is 52.0 Å². The maximum atomic E-state index is 11.9. The molecule has 0 atom stereocenters. The molecule has 0 heterocycles. The van der Waals surface area contributed by atoms with Crippen LogP contribution in [0.25, 0.3) is 0 Å². The monoisotopic (exact) mass is 409 g/mol. The Morgan fingerprint density at radius 1 is 1.07 bits per heavy atom. The number of halogens is 2. The first-order valence-corrected chi connectivity index (χ1v) is 8.48. The average Bonchev–Trinajstić information content (AvgIpc) is 2.64. The molecular formula is C18H17Cl2N3O4. The number of nitrogens with zero attached hydrogens (tertiary/aromatic N) is 1. The van der Waals surface area contributed by atoms with Gasteiger partial charge in [0.25, 0.3) is 0 Å². The van der Waals surface area contributed by atoms with Crippen molar-refractivity contribution in [3.63, 3.8) is 0 Å². The van der Waals surface area contributed by atoms with Crippen molar-refractivity contribution in [3.8, 4) is 11.5 Å². The van der Waals surface area contributed by atoms with Crippen LogP contribution in [0.4, 0.5) is 5.69 Å². The highest BCUT2D eigenvalue weighted by Gasteiger charge is 2.11. The molecule has 0 aliphatic rings. The van der Waals surface area contributed by atoms with Crippen molar-refractivity contribution < 1.29 is 19.1 Å². The van der Waals surface area contributed by atoms with Gasteiger partial charge in [-0.15, -0.1) is 0 Å². The van der Waals surface area contributed by atoms with Crippen molar-refractivity contribution in [2.45, 2.75) is 6.42 Å². The fourth-order valence-electron chi connectivity index (χ4n) is 2.15. The molecule has 0 saturated carbocycles. The maximum absolute atomic E-state index is 11.9. The van der Waals surface area contributed by atoms with Crippen molar-refractivity contribution >= 4 is 46.9 Å². The summed E-state index contributed by atoms with van der Waals surface area (Å²) in [5.74, 6) is -0.0742. The Morgan fingerprint density at radius 3 is 2.52 bits per heavy atom. The number of ether oxygens (including phenoxy) is 2. The van der Waals surface area contributed by atoms with E-state index in [0.29, 0.717) is 32.8 Å². The molecule has 2 amide bonds. The van der Waals surface area contributed by atoms with Crippen LogP contribution in [-0.2, 0) is 9.59 Å². The highest BCUT2D eigenvalue weighted by molar-refractivity contribution is 6.42. The number of nitrogens with one attached hydrogen (secondary N) is 2. The number of hydrogen-bond donors (Lipinski definition) is 2. The molecule has 0 spiro atoms. The number of para-hydroxylation sites is 1. The first-order valence-electron chi connectivity index (χ1n) is 7.72. The average molecular weight is 410 g/mol. The van der Waals surface area contributed by atoms with Crippen LogP contribution in [0, 0.1) is 0 Å². The zero-order chi connectivity index (χ0) is 19.8. The smallest absolute Gasteiger partial charge is 0.249 e. The Kier molecular flexibility index (Phi) is 7.45. The van der Waals surface area contributed by atoms with Gasteiger partial charge in [0.2, 0.25) is 11.8 Å². The number of rotatable bonds is 7. The minimum atomic E-state index is -0.578. The van der Waals surface area contributed by atoms with Crippen LogP contribution in [0.5, 0.6) is 11.5 Å². The Balaban J connectivity index is 1.91. The third kappa shape index (κ3) is 5.87. The third-order valence-corrected chi connectivity index (χ3v) is 4.09. The molecule has 0 unspecified atom stereocenters. The minimum Gasteiger partial charge on any atom is -0.493 e. The lowest BCUT2D eigenvalue weighted by Crippen LogP contribution is -2.24. The van der Waals surface area contributed by atoms with E-state index >= 15 is 0 Å². The zero-order valence-corrected chi connectivity index (χ0v) is 16.1. The van der Waals surface area contributed by atoms with Gasteiger partial charge in [0.05, 0.1) is 30.5 Å². The van der Waals surface area contributed by atoms with Gasteiger partial charge in [0, 0.05) is 11.3 Å². The summed E-state index contributed by atoms with van der Waals surface area (Å²) < 4.78 is 10.4. The van der Waals surface area contributed by atoms with E-state index in [-0.39, 0.29) is 0 Å². The topological polar surface area (TPSA) is 89.0 Å². The molecule has 2 aromatic carbocycles. The molecule has 2 aromatic rings. The maximum Gasteiger partial charge on any atom is 0.249 e. The van der Waals surface area contributed by atoms with Gasteiger partial charge in [-0.05, 0) is 30.3 Å². The Labute approximate surface area is 166 Å². The lowest BCUT2D eigenvalue weighted by molar-refractivity contribution is -0.126. The first kappa shape index (κ1) is 20.5. The largest absolute Gasteiger partial charge is 0.493 e. The summed E-state index contributed by atoms with van der Waals surface area (Å²) in [4.78, 5) is 23.7. The summed E-state index contributed by atoms with van der Waals surface area (Å²) in [6, 6.07) is 9.86. The first-order chi connectivity index (χ1) is 12.9. The third-order valence-electron chi connectivity index (χ3n) is 3.35. The van der Waals surface area contributed by atoms with E-state index in [1.807, 2.05) is 0 Å². The summed E-state index contributed by atoms with van der Waals surface area (Å²) >= 11 is 11.7. The molecule has 0 aliphatic heterocycles. The number of amides is 2. The van der Waals surface area contributed by atoms with Crippen LogP contribution in [0.1, 0.15) is 12.0 Å². The van der Waals surface area contributed by atoms with E-state index in [1.54, 1.807) is 30.3 Å². The van der Waals surface area contributed by atoms with E-state index in [9.17, 15) is 9.59 Å². The second-order valence-electron chi connectivity index (χ2n) is 5.23. The molecule has 0 bridgehead atoms. The van der Waals surface area contributed by atoms with Crippen LogP contribution in [0.3, 0.4) is 0 Å². The molecule has 0 radical (unpaired) electrons. The number of carbonyl (C=O) groups is 2. The number of carbonyl (C=O) groups excluding carboxylic acids is 2. The normalized spacial score (nSPS) is 10.5. The van der Waals surface area contributed by atoms with E-state index in [2.05, 4.69) is 15.8 Å². The van der Waals surface area contributed by atoms with Gasteiger partial charge in [-0.25, -0.2) is 5.43 Å². The van der Waals surface area contributed by atoms with Crippen molar-refractivity contribution in [2.75, 3.05) is 19.5 Å². The number of hydrazone groups is 1. The molecule has 7 nitrogen and oxygen atoms in total. The number of hydrogen-bond acceptors (Lipinski definition) is 5. The Hall–Kier alpha value is -2.77. The highest BCUT2D eigenvalue weighted by atomic mass is 35.5. The molecule has 27 heavy (non-hydrogen) atoms. The van der Waals surface area contributed by atoms with Crippen LogP contribution in [0.2, 0.25) is 10.0 Å². The molecule has 2 N–H and O–H groups in total. The summed E-state index contributed by atoms with van der Waals surface area (Å²) in [5, 5.41) is 7.06. The van der Waals surface area contributed by atoms with Gasteiger partial charge in [0.1, 0.15) is 6.42 Å². The molecule has 0 aromatic heterocycles. The highest BCUT2D eigenvalue weighted by Crippen LogP contribution is 2.29. The van der Waals surface area contributed by atoms with E-state index in [1.165, 1.54) is 26.5 Å². The van der Waals surface area contributed by atoms with Crippen LogP contribution in [-0.4, -0.2) is 32.2 Å². The molecule has 142 valence electrons. The van der Waals surface area contributed by atoms with Crippen molar-refractivity contribution in [2.24, 2.45) is 5.10 Å². The fraction of sp³-hybridized carbons (Fsp3) is 0.167. The second kappa shape index (κ2) is 9.80. The predicted octanol–water partition coefficient (Wildman–Crippen LogP) is 3.49. The van der Waals surface area contributed by atoms with Crippen LogP contribution in [0.15, 0.2) is 41.5 Å². The van der Waals surface area contributed by atoms with E-state index < -0.39 is 18.2 Å². The van der Waals surface area contributed by atoms with Gasteiger partial charge in [0.15, 0.2) is 11.5 Å². The number of benzene rings is 2. The van der Waals surface area contributed by atoms with E-state index in [0.717, 1.165) is 0 Å². The zero-order valence-electron chi connectivity index (χ0n) is 14.6. The van der Waals surface area contributed by atoms with E-state index in [4.69, 9.17) is 32.7 Å². The summed E-state index contributed by atoms with van der Waals surface area (Å²) in [6.45, 7) is 0.